The second kappa shape index (κ2) is 8.57. The first kappa shape index (κ1) is 16.5. The number of benzene rings is 1. The van der Waals surface area contributed by atoms with E-state index in [9.17, 15) is 0 Å². The number of piperidine rings is 1. The number of nitrogens with one attached hydrogen (secondary N) is 1. The number of halogens is 1. The van der Waals surface area contributed by atoms with Gasteiger partial charge >= 0.3 is 0 Å². The fraction of sp³-hybridized carbons (Fsp3) is 0.625. The molecule has 0 aliphatic carbocycles. The van der Waals surface area contributed by atoms with Crippen molar-refractivity contribution in [3.05, 3.63) is 35.9 Å². The summed E-state index contributed by atoms with van der Waals surface area (Å²) in [7, 11) is 2.06. The fourth-order valence-corrected chi connectivity index (χ4v) is 3.22. The van der Waals surface area contributed by atoms with Crippen LogP contribution in [0, 0.1) is 5.92 Å². The summed E-state index contributed by atoms with van der Waals surface area (Å²) in [6.07, 6.45) is 3.93. The predicted molar refractivity (Wildman–Crippen MR) is 84.9 cm³/mol. The first-order chi connectivity index (χ1) is 8.85. The molecule has 1 fully saturated rings. The van der Waals surface area contributed by atoms with Gasteiger partial charge in [-0.25, -0.2) is 0 Å². The Labute approximate surface area is 124 Å². The highest BCUT2D eigenvalue weighted by atomic mass is 35.5. The van der Waals surface area contributed by atoms with Crippen molar-refractivity contribution < 1.29 is 0 Å². The van der Waals surface area contributed by atoms with Gasteiger partial charge in [0.2, 0.25) is 0 Å². The van der Waals surface area contributed by atoms with Gasteiger partial charge in [-0.3, -0.25) is 4.90 Å². The monoisotopic (exact) mass is 282 g/mol. The molecule has 2 unspecified atom stereocenters. The SMILES string of the molecule is CCC(c1ccccc1)N1CCCC(CNC)C1.Cl. The third-order valence-corrected chi connectivity index (χ3v) is 4.06. The molecule has 0 amide bonds. The van der Waals surface area contributed by atoms with Gasteiger partial charge in [0.05, 0.1) is 0 Å². The highest BCUT2D eigenvalue weighted by molar-refractivity contribution is 5.85. The van der Waals surface area contributed by atoms with Crippen molar-refractivity contribution in [3.8, 4) is 0 Å². The lowest BCUT2D eigenvalue weighted by Gasteiger charge is -2.38. The Kier molecular flexibility index (Phi) is 7.44. The number of hydrogen-bond donors (Lipinski definition) is 1. The lowest BCUT2D eigenvalue weighted by atomic mass is 9.94. The normalized spacial score (nSPS) is 21.7. The molecule has 0 saturated carbocycles. The van der Waals surface area contributed by atoms with Crippen LogP contribution >= 0.6 is 12.4 Å². The number of rotatable bonds is 5. The maximum atomic E-state index is 3.33. The molecule has 0 bridgehead atoms. The van der Waals surface area contributed by atoms with Crippen LogP contribution in [0.2, 0.25) is 0 Å². The van der Waals surface area contributed by atoms with E-state index in [2.05, 4.69) is 54.5 Å². The zero-order valence-corrected chi connectivity index (χ0v) is 13.0. The molecule has 1 saturated heterocycles. The van der Waals surface area contributed by atoms with Crippen molar-refractivity contribution in [1.82, 2.24) is 10.2 Å². The maximum Gasteiger partial charge on any atom is 0.0345 e. The Bertz CT molecular complexity index is 340. The molecule has 0 aromatic heterocycles. The summed E-state index contributed by atoms with van der Waals surface area (Å²) in [6, 6.07) is 11.6. The summed E-state index contributed by atoms with van der Waals surface area (Å²) >= 11 is 0. The van der Waals surface area contributed by atoms with Crippen LogP contribution in [0.5, 0.6) is 0 Å². The molecule has 1 aliphatic rings. The standard InChI is InChI=1S/C16H26N2.ClH/c1-3-16(15-9-5-4-6-10-15)18-11-7-8-14(13-18)12-17-2;/h4-6,9-10,14,16-17H,3,7-8,11-13H2,1-2H3;1H. The van der Waals surface area contributed by atoms with Crippen LogP contribution in [-0.4, -0.2) is 31.6 Å². The van der Waals surface area contributed by atoms with Gasteiger partial charge < -0.3 is 5.32 Å². The largest absolute Gasteiger partial charge is 0.319 e. The van der Waals surface area contributed by atoms with Crippen LogP contribution in [0.1, 0.15) is 37.8 Å². The van der Waals surface area contributed by atoms with E-state index in [-0.39, 0.29) is 12.4 Å². The van der Waals surface area contributed by atoms with Crippen molar-refractivity contribution in [3.63, 3.8) is 0 Å². The molecule has 1 N–H and O–H groups in total. The van der Waals surface area contributed by atoms with Crippen molar-refractivity contribution >= 4 is 12.4 Å². The lowest BCUT2D eigenvalue weighted by molar-refractivity contribution is 0.119. The average Bonchev–Trinajstić information content (AvgIpc) is 2.42. The van der Waals surface area contributed by atoms with Gasteiger partial charge in [-0.2, -0.15) is 0 Å². The van der Waals surface area contributed by atoms with E-state index in [4.69, 9.17) is 0 Å². The summed E-state index contributed by atoms with van der Waals surface area (Å²) in [5, 5.41) is 3.33. The van der Waals surface area contributed by atoms with Gasteiger partial charge in [-0.05, 0) is 50.9 Å². The van der Waals surface area contributed by atoms with Crippen LogP contribution in [0.4, 0.5) is 0 Å². The molecule has 1 aliphatic heterocycles. The van der Waals surface area contributed by atoms with Crippen LogP contribution < -0.4 is 5.32 Å². The second-order valence-electron chi connectivity index (χ2n) is 5.40. The van der Waals surface area contributed by atoms with Crippen LogP contribution in [-0.2, 0) is 0 Å². The highest BCUT2D eigenvalue weighted by Crippen LogP contribution is 2.28. The molecule has 1 aromatic carbocycles. The van der Waals surface area contributed by atoms with Gasteiger partial charge in [-0.1, -0.05) is 37.3 Å². The lowest BCUT2D eigenvalue weighted by Crippen LogP contribution is -2.41. The molecular formula is C16H27ClN2. The maximum absolute atomic E-state index is 3.33. The molecule has 0 spiro atoms. The van der Waals surface area contributed by atoms with Gasteiger partial charge in [0, 0.05) is 12.6 Å². The van der Waals surface area contributed by atoms with Crippen LogP contribution in [0.25, 0.3) is 0 Å². The zero-order valence-electron chi connectivity index (χ0n) is 12.1. The molecule has 2 nitrogen and oxygen atoms in total. The Morgan fingerprint density at radius 3 is 2.68 bits per heavy atom. The molecule has 19 heavy (non-hydrogen) atoms. The minimum atomic E-state index is 0. The Hall–Kier alpha value is -0.570. The van der Waals surface area contributed by atoms with Gasteiger partial charge in [0.25, 0.3) is 0 Å². The Balaban J connectivity index is 0.00000180. The van der Waals surface area contributed by atoms with Gasteiger partial charge in [0.15, 0.2) is 0 Å². The number of likely N-dealkylation sites (tertiary alicyclic amines) is 1. The highest BCUT2D eigenvalue weighted by Gasteiger charge is 2.25. The summed E-state index contributed by atoms with van der Waals surface area (Å²) in [6.45, 7) is 5.96. The molecule has 1 heterocycles. The fourth-order valence-electron chi connectivity index (χ4n) is 3.22. The quantitative estimate of drug-likeness (QED) is 0.889. The Morgan fingerprint density at radius 1 is 1.32 bits per heavy atom. The molecule has 1 aromatic rings. The van der Waals surface area contributed by atoms with Crippen molar-refractivity contribution in [2.24, 2.45) is 5.92 Å². The second-order valence-corrected chi connectivity index (χ2v) is 5.40. The van der Waals surface area contributed by atoms with Crippen molar-refractivity contribution in [1.29, 1.82) is 0 Å². The van der Waals surface area contributed by atoms with E-state index < -0.39 is 0 Å². The molecule has 2 atom stereocenters. The summed E-state index contributed by atoms with van der Waals surface area (Å²) in [5.41, 5.74) is 1.48. The third kappa shape index (κ3) is 4.48. The zero-order chi connectivity index (χ0) is 12.8. The van der Waals surface area contributed by atoms with Crippen molar-refractivity contribution in [2.75, 3.05) is 26.7 Å². The molecule has 3 heteroatoms. The summed E-state index contributed by atoms with van der Waals surface area (Å²) < 4.78 is 0. The van der Waals surface area contributed by atoms with E-state index >= 15 is 0 Å². The first-order valence-corrected chi connectivity index (χ1v) is 7.28. The van der Waals surface area contributed by atoms with E-state index in [0.29, 0.717) is 6.04 Å². The van der Waals surface area contributed by atoms with E-state index in [1.54, 1.807) is 0 Å². The first-order valence-electron chi connectivity index (χ1n) is 7.28. The summed E-state index contributed by atoms with van der Waals surface area (Å²) in [4.78, 5) is 2.68. The molecule has 108 valence electrons. The third-order valence-electron chi connectivity index (χ3n) is 4.06. The molecular weight excluding hydrogens is 256 g/mol. The van der Waals surface area contributed by atoms with E-state index in [1.807, 2.05) is 0 Å². The Morgan fingerprint density at radius 2 is 2.05 bits per heavy atom. The van der Waals surface area contributed by atoms with Crippen LogP contribution in [0.3, 0.4) is 0 Å². The van der Waals surface area contributed by atoms with Crippen LogP contribution in [0.15, 0.2) is 30.3 Å². The summed E-state index contributed by atoms with van der Waals surface area (Å²) in [5.74, 6) is 0.821. The topological polar surface area (TPSA) is 15.3 Å². The van der Waals surface area contributed by atoms with E-state index in [0.717, 1.165) is 12.5 Å². The smallest absolute Gasteiger partial charge is 0.0345 e. The van der Waals surface area contributed by atoms with Gasteiger partial charge in [-0.15, -0.1) is 12.4 Å². The molecule has 2 rings (SSSR count). The average molecular weight is 283 g/mol. The predicted octanol–water partition coefficient (Wildman–Crippen LogP) is 3.49. The number of hydrogen-bond acceptors (Lipinski definition) is 2. The number of nitrogens with zero attached hydrogens (tertiary/aromatic N) is 1. The molecule has 0 radical (unpaired) electrons. The minimum absolute atomic E-state index is 0. The van der Waals surface area contributed by atoms with E-state index in [1.165, 1.54) is 37.9 Å². The van der Waals surface area contributed by atoms with Gasteiger partial charge in [0.1, 0.15) is 0 Å². The minimum Gasteiger partial charge on any atom is -0.319 e. The van der Waals surface area contributed by atoms with Crippen molar-refractivity contribution in [2.45, 2.75) is 32.2 Å².